The fraction of sp³-hybridized carbons (Fsp3) is 0.438. The van der Waals surface area contributed by atoms with Gasteiger partial charge >= 0.3 is 0 Å². The second kappa shape index (κ2) is 6.13. The van der Waals surface area contributed by atoms with E-state index in [9.17, 15) is 9.59 Å². The Labute approximate surface area is 139 Å². The predicted octanol–water partition coefficient (Wildman–Crippen LogP) is 1.56. The Kier molecular flexibility index (Phi) is 4.18. The molecular formula is C16H18N4O2S. The molecule has 0 aliphatic carbocycles. The first-order valence-corrected chi connectivity index (χ1v) is 8.74. The molecule has 2 amide bonds. The van der Waals surface area contributed by atoms with Gasteiger partial charge in [-0.25, -0.2) is 0 Å². The fourth-order valence-corrected chi connectivity index (χ4v) is 4.07. The van der Waals surface area contributed by atoms with Crippen LogP contribution in [0.4, 0.5) is 5.69 Å². The molecule has 2 unspecified atom stereocenters. The van der Waals surface area contributed by atoms with Crippen LogP contribution in [0.1, 0.15) is 28.8 Å². The normalized spacial score (nSPS) is 22.6. The van der Waals surface area contributed by atoms with E-state index in [2.05, 4.69) is 11.4 Å². The molecule has 7 heteroatoms. The van der Waals surface area contributed by atoms with Crippen molar-refractivity contribution >= 4 is 29.3 Å². The zero-order chi connectivity index (χ0) is 16.6. The van der Waals surface area contributed by atoms with Gasteiger partial charge in [0.25, 0.3) is 5.91 Å². The van der Waals surface area contributed by atoms with Gasteiger partial charge in [-0.3, -0.25) is 9.59 Å². The molecule has 0 bridgehead atoms. The topological polar surface area (TPSA) is 99.2 Å². The molecule has 6 nitrogen and oxygen atoms in total. The molecule has 0 aromatic heterocycles. The van der Waals surface area contributed by atoms with E-state index in [1.165, 1.54) is 11.8 Å². The molecule has 3 rings (SSSR count). The molecule has 1 fully saturated rings. The van der Waals surface area contributed by atoms with E-state index in [-0.39, 0.29) is 24.2 Å². The standard InChI is InChI=1S/C16H18N4O2S/c1-23-12-5-4-11-13(9(12)6-7-17)16(22)20-8-2-3-10(14(18)21)15(20)19-11/h4-5,10,15,19H,2-3,6,8H2,1H3,(H2,18,21). The maximum absolute atomic E-state index is 13.0. The van der Waals surface area contributed by atoms with Crippen LogP contribution in [0.2, 0.25) is 0 Å². The number of fused-ring (bicyclic) bond motifs is 2. The lowest BCUT2D eigenvalue weighted by atomic mass is 9.89. The number of carbonyl (C=O) groups excluding carboxylic acids is 2. The van der Waals surface area contributed by atoms with Gasteiger partial charge < -0.3 is 16.0 Å². The lowest BCUT2D eigenvalue weighted by molar-refractivity contribution is -0.124. The van der Waals surface area contributed by atoms with Crippen molar-refractivity contribution in [2.24, 2.45) is 11.7 Å². The van der Waals surface area contributed by atoms with Crippen LogP contribution in [-0.4, -0.2) is 35.7 Å². The van der Waals surface area contributed by atoms with Gasteiger partial charge in [-0.2, -0.15) is 5.26 Å². The number of rotatable bonds is 3. The van der Waals surface area contributed by atoms with Crippen LogP contribution in [0.15, 0.2) is 17.0 Å². The summed E-state index contributed by atoms with van der Waals surface area (Å²) in [6, 6.07) is 5.90. The van der Waals surface area contributed by atoms with Crippen molar-refractivity contribution < 1.29 is 9.59 Å². The van der Waals surface area contributed by atoms with E-state index in [1.54, 1.807) is 4.90 Å². The quantitative estimate of drug-likeness (QED) is 0.820. The van der Waals surface area contributed by atoms with Crippen molar-refractivity contribution in [2.75, 3.05) is 18.1 Å². The lowest BCUT2D eigenvalue weighted by Crippen LogP contribution is -2.58. The number of hydrogen-bond donors (Lipinski definition) is 2. The van der Waals surface area contributed by atoms with Crippen LogP contribution in [0.3, 0.4) is 0 Å². The number of benzene rings is 1. The number of thioether (sulfide) groups is 1. The molecule has 1 aromatic carbocycles. The number of piperidine rings is 1. The minimum Gasteiger partial charge on any atom is -0.369 e. The molecule has 0 radical (unpaired) electrons. The maximum Gasteiger partial charge on any atom is 0.257 e. The van der Waals surface area contributed by atoms with Gasteiger partial charge in [0.1, 0.15) is 6.17 Å². The SMILES string of the molecule is CSc1ccc2c(c1CC#N)C(=O)N1CCCC(C(N)=O)C1N2. The molecule has 120 valence electrons. The molecule has 3 N–H and O–H groups in total. The molecule has 1 aromatic rings. The smallest absolute Gasteiger partial charge is 0.257 e. The van der Waals surface area contributed by atoms with Gasteiger partial charge in [-0.15, -0.1) is 11.8 Å². The summed E-state index contributed by atoms with van der Waals surface area (Å²) in [5.74, 6) is -0.891. The fourth-order valence-electron chi connectivity index (χ4n) is 3.44. The van der Waals surface area contributed by atoms with Crippen molar-refractivity contribution in [3.05, 3.63) is 23.3 Å². The van der Waals surface area contributed by atoms with E-state index in [4.69, 9.17) is 11.0 Å². The Bertz CT molecular complexity index is 713. The summed E-state index contributed by atoms with van der Waals surface area (Å²) < 4.78 is 0. The van der Waals surface area contributed by atoms with Gasteiger partial charge in [0, 0.05) is 17.1 Å². The van der Waals surface area contributed by atoms with Crippen molar-refractivity contribution in [1.29, 1.82) is 5.26 Å². The van der Waals surface area contributed by atoms with Crippen LogP contribution >= 0.6 is 11.8 Å². The largest absolute Gasteiger partial charge is 0.369 e. The average molecular weight is 330 g/mol. The third kappa shape index (κ3) is 2.53. The number of carbonyl (C=O) groups is 2. The predicted molar refractivity (Wildman–Crippen MR) is 87.9 cm³/mol. The zero-order valence-corrected chi connectivity index (χ0v) is 13.7. The number of nitriles is 1. The van der Waals surface area contributed by atoms with Crippen molar-refractivity contribution in [3.8, 4) is 6.07 Å². The summed E-state index contributed by atoms with van der Waals surface area (Å²) in [5, 5.41) is 12.4. The number of hydrogen-bond acceptors (Lipinski definition) is 5. The lowest BCUT2D eigenvalue weighted by Gasteiger charge is -2.44. The first kappa shape index (κ1) is 15.7. The van der Waals surface area contributed by atoms with Crippen LogP contribution < -0.4 is 11.1 Å². The zero-order valence-electron chi connectivity index (χ0n) is 12.8. The van der Waals surface area contributed by atoms with Gasteiger partial charge in [0.15, 0.2) is 0 Å². The highest BCUT2D eigenvalue weighted by Crippen LogP contribution is 2.37. The van der Waals surface area contributed by atoms with E-state index in [1.807, 2.05) is 18.4 Å². The highest BCUT2D eigenvalue weighted by Gasteiger charge is 2.42. The van der Waals surface area contributed by atoms with Crippen LogP contribution in [0, 0.1) is 17.2 Å². The Morgan fingerprint density at radius 3 is 3.00 bits per heavy atom. The summed E-state index contributed by atoms with van der Waals surface area (Å²) in [6.45, 7) is 0.592. The van der Waals surface area contributed by atoms with Crippen LogP contribution in [0.25, 0.3) is 0 Å². The van der Waals surface area contributed by atoms with E-state index in [0.29, 0.717) is 24.2 Å². The van der Waals surface area contributed by atoms with Crippen molar-refractivity contribution in [1.82, 2.24) is 4.90 Å². The minimum absolute atomic E-state index is 0.115. The van der Waals surface area contributed by atoms with E-state index >= 15 is 0 Å². The van der Waals surface area contributed by atoms with Crippen molar-refractivity contribution in [2.45, 2.75) is 30.3 Å². The van der Waals surface area contributed by atoms with Crippen molar-refractivity contribution in [3.63, 3.8) is 0 Å². The Morgan fingerprint density at radius 2 is 2.35 bits per heavy atom. The monoisotopic (exact) mass is 330 g/mol. The Balaban J connectivity index is 2.09. The first-order valence-electron chi connectivity index (χ1n) is 7.52. The highest BCUT2D eigenvalue weighted by atomic mass is 32.2. The number of nitrogens with zero attached hydrogens (tertiary/aromatic N) is 2. The summed E-state index contributed by atoms with van der Waals surface area (Å²) in [7, 11) is 0. The molecule has 2 aliphatic rings. The molecule has 2 heterocycles. The number of nitrogens with one attached hydrogen (secondary N) is 1. The second-order valence-electron chi connectivity index (χ2n) is 5.74. The van der Waals surface area contributed by atoms with E-state index < -0.39 is 6.17 Å². The van der Waals surface area contributed by atoms with Crippen LogP contribution in [0.5, 0.6) is 0 Å². The highest BCUT2D eigenvalue weighted by molar-refractivity contribution is 7.98. The van der Waals surface area contributed by atoms with Gasteiger partial charge in [0.05, 0.1) is 24.0 Å². The van der Waals surface area contributed by atoms with E-state index in [0.717, 1.165) is 16.9 Å². The Hall–Kier alpha value is -2.20. The van der Waals surface area contributed by atoms with Crippen LogP contribution in [-0.2, 0) is 11.2 Å². The molecular weight excluding hydrogens is 312 g/mol. The third-order valence-electron chi connectivity index (χ3n) is 4.52. The first-order chi connectivity index (χ1) is 11.1. The summed E-state index contributed by atoms with van der Waals surface area (Å²) in [6.07, 6.45) is 3.15. The number of amides is 2. The maximum atomic E-state index is 13.0. The Morgan fingerprint density at radius 1 is 1.57 bits per heavy atom. The summed E-state index contributed by atoms with van der Waals surface area (Å²) in [4.78, 5) is 27.3. The minimum atomic E-state index is -0.392. The third-order valence-corrected chi connectivity index (χ3v) is 5.34. The molecule has 0 spiro atoms. The summed E-state index contributed by atoms with van der Waals surface area (Å²) >= 11 is 1.52. The number of nitrogens with two attached hydrogens (primary N) is 1. The van der Waals surface area contributed by atoms with Gasteiger partial charge in [0.2, 0.25) is 5.91 Å². The van der Waals surface area contributed by atoms with Gasteiger partial charge in [-0.05, 0) is 36.8 Å². The molecule has 0 saturated carbocycles. The van der Waals surface area contributed by atoms with Gasteiger partial charge in [-0.1, -0.05) is 0 Å². The molecule has 2 atom stereocenters. The molecule has 23 heavy (non-hydrogen) atoms. The number of anilines is 1. The summed E-state index contributed by atoms with van der Waals surface area (Å²) in [5.41, 5.74) is 7.50. The number of primary amides is 1. The molecule has 2 aliphatic heterocycles. The second-order valence-corrected chi connectivity index (χ2v) is 6.59. The average Bonchev–Trinajstić information content (AvgIpc) is 2.54. The molecule has 1 saturated heterocycles.